The molecule has 51 heavy (non-hydrogen) atoms. The molecule has 4 nitrogen and oxygen atoms in total. The zero-order chi connectivity index (χ0) is 35.9. The number of aliphatic hydroxyl groups is 1. The summed E-state index contributed by atoms with van der Waals surface area (Å²) in [7, 11) is 1.00. The van der Waals surface area contributed by atoms with Crippen LogP contribution in [0.5, 0.6) is 0 Å². The second kappa shape index (κ2) is 15.8. The van der Waals surface area contributed by atoms with E-state index in [1.165, 1.54) is 61.0 Å². The Hall–Kier alpha value is -5.84. The molecule has 7 aromatic carbocycles. The second-order valence-electron chi connectivity index (χ2n) is 13.2. The molecule has 0 saturated carbocycles. The molecule has 0 amide bonds. The van der Waals surface area contributed by atoms with Crippen molar-refractivity contribution in [3.05, 3.63) is 190 Å². The van der Waals surface area contributed by atoms with Gasteiger partial charge in [0.25, 0.3) is 0 Å². The molecule has 0 atom stereocenters. The first kappa shape index (κ1) is 35.0. The molecule has 0 aliphatic carbocycles. The third-order valence-electron chi connectivity index (χ3n) is 9.54. The van der Waals surface area contributed by atoms with Gasteiger partial charge >= 0.3 is 0 Å². The van der Waals surface area contributed by atoms with Gasteiger partial charge in [-0.1, -0.05) is 109 Å². The van der Waals surface area contributed by atoms with Gasteiger partial charge in [-0.15, -0.1) is 0 Å². The summed E-state index contributed by atoms with van der Waals surface area (Å²) in [5, 5.41) is 20.5. The first-order valence-corrected chi connectivity index (χ1v) is 17.5. The maximum Gasteiger partial charge on any atom is 0.0464 e. The molecule has 0 saturated heterocycles. The van der Waals surface area contributed by atoms with E-state index in [0.717, 1.165) is 35.5 Å². The van der Waals surface area contributed by atoms with E-state index in [4.69, 9.17) is 5.11 Å². The van der Waals surface area contributed by atoms with Crippen LogP contribution in [0.3, 0.4) is 0 Å². The van der Waals surface area contributed by atoms with Crippen molar-refractivity contribution >= 4 is 44.9 Å². The average Bonchev–Trinajstić information content (AvgIpc) is 3.14. The normalized spacial score (nSPS) is 10.8. The predicted molar refractivity (Wildman–Crippen MR) is 219 cm³/mol. The van der Waals surface area contributed by atoms with Gasteiger partial charge in [-0.25, -0.2) is 0 Å². The predicted octanol–water partition coefficient (Wildman–Crippen LogP) is 12.4. The first-order valence-electron chi connectivity index (χ1n) is 17.5. The molecule has 7 aromatic rings. The van der Waals surface area contributed by atoms with Crippen molar-refractivity contribution in [1.29, 1.82) is 0 Å². The molecule has 4 heteroatoms. The molecule has 4 N–H and O–H groups in total. The highest BCUT2D eigenvalue weighted by molar-refractivity contribution is 5.98. The smallest absolute Gasteiger partial charge is 0.0464 e. The summed E-state index contributed by atoms with van der Waals surface area (Å²) < 4.78 is 0. The topological polar surface area (TPSA) is 56.3 Å². The number of anilines is 6. The lowest BCUT2D eigenvalue weighted by molar-refractivity contribution is 0.399. The molecule has 0 aliphatic rings. The summed E-state index contributed by atoms with van der Waals surface area (Å²) in [4.78, 5) is 0. The monoisotopic (exact) mass is 669 g/mol. The van der Waals surface area contributed by atoms with Crippen molar-refractivity contribution in [1.82, 2.24) is 0 Å². The zero-order valence-electron chi connectivity index (χ0n) is 30.4. The molecular formula is C47H47N3O. The lowest BCUT2D eigenvalue weighted by atomic mass is 9.82. The zero-order valence-corrected chi connectivity index (χ0v) is 30.4. The number of fused-ring (bicyclic) bond motifs is 1. The number of hydrogen-bond donors (Lipinski definition) is 4. The molecular weight excluding hydrogens is 623 g/mol. The fraction of sp³-hybridized carbons (Fsp3) is 0.149. The van der Waals surface area contributed by atoms with Crippen molar-refractivity contribution in [3.63, 3.8) is 0 Å². The molecule has 0 unspecified atom stereocenters. The average molecular weight is 670 g/mol. The summed E-state index contributed by atoms with van der Waals surface area (Å²) in [6.07, 6.45) is 0. The third kappa shape index (κ3) is 7.82. The number of aliphatic hydroxyl groups excluding tert-OH is 1. The Balaban J connectivity index is 0.00000220. The fourth-order valence-corrected chi connectivity index (χ4v) is 7.00. The second-order valence-corrected chi connectivity index (χ2v) is 13.2. The summed E-state index contributed by atoms with van der Waals surface area (Å²) in [5.41, 5.74) is 16.7. The quantitative estimate of drug-likeness (QED) is 0.116. The van der Waals surface area contributed by atoms with E-state index < -0.39 is 0 Å². The van der Waals surface area contributed by atoms with Crippen LogP contribution < -0.4 is 16.0 Å². The van der Waals surface area contributed by atoms with Crippen LogP contribution in [0.4, 0.5) is 34.1 Å². The van der Waals surface area contributed by atoms with Crippen LogP contribution in [-0.2, 0) is 0 Å². The standard InChI is InChI=1S/C46H43N3.CH4O/c1-30-28-33(4)46(34(5)29-30)49-44-27-26-41(39-14-8-9-15-40(39)44)45(35-18-22-37(23-19-35)47-42-16-10-6-12-31(42)2)36-20-24-38(25-21-36)48-43-17-11-7-13-32(43)3;1-2/h6-29,45,47-49H,1-5H3;2H,1H3. The van der Waals surface area contributed by atoms with E-state index in [9.17, 15) is 0 Å². The molecule has 0 fully saturated rings. The van der Waals surface area contributed by atoms with Crippen molar-refractivity contribution in [2.24, 2.45) is 0 Å². The van der Waals surface area contributed by atoms with Crippen molar-refractivity contribution in [3.8, 4) is 0 Å². The SMILES string of the molecule is CO.Cc1cc(C)c(Nc2ccc(C(c3ccc(Nc4ccccc4C)cc3)c3ccc(Nc4ccccc4C)cc3)c3ccccc23)c(C)c1. The molecule has 256 valence electrons. The minimum absolute atomic E-state index is 0.0295. The van der Waals surface area contributed by atoms with Gasteiger partial charge in [0, 0.05) is 52.5 Å². The highest BCUT2D eigenvalue weighted by Gasteiger charge is 2.21. The molecule has 0 radical (unpaired) electrons. The summed E-state index contributed by atoms with van der Waals surface area (Å²) in [5.74, 6) is 0.0295. The van der Waals surface area contributed by atoms with Crippen LogP contribution in [0.1, 0.15) is 50.4 Å². The van der Waals surface area contributed by atoms with Gasteiger partial charge in [-0.05, 0) is 121 Å². The van der Waals surface area contributed by atoms with Crippen LogP contribution in [0.2, 0.25) is 0 Å². The minimum atomic E-state index is 0.0295. The molecule has 0 heterocycles. The van der Waals surface area contributed by atoms with Crippen molar-refractivity contribution < 1.29 is 5.11 Å². The Morgan fingerprint density at radius 1 is 0.412 bits per heavy atom. The van der Waals surface area contributed by atoms with Crippen LogP contribution in [0.25, 0.3) is 10.8 Å². The van der Waals surface area contributed by atoms with E-state index in [1.807, 2.05) is 0 Å². The number of nitrogens with one attached hydrogen (secondary N) is 3. The number of aryl methyl sites for hydroxylation is 5. The third-order valence-corrected chi connectivity index (χ3v) is 9.54. The van der Waals surface area contributed by atoms with Gasteiger partial charge in [0.1, 0.15) is 0 Å². The summed E-state index contributed by atoms with van der Waals surface area (Å²) >= 11 is 0. The molecule has 0 bridgehead atoms. The Morgan fingerprint density at radius 3 is 1.35 bits per heavy atom. The summed E-state index contributed by atoms with van der Waals surface area (Å²) in [6, 6.07) is 52.5. The van der Waals surface area contributed by atoms with Gasteiger partial charge in [0.05, 0.1) is 0 Å². The van der Waals surface area contributed by atoms with Gasteiger partial charge < -0.3 is 21.1 Å². The van der Waals surface area contributed by atoms with Crippen LogP contribution in [0, 0.1) is 34.6 Å². The van der Waals surface area contributed by atoms with Crippen LogP contribution in [-0.4, -0.2) is 12.2 Å². The number of rotatable bonds is 9. The largest absolute Gasteiger partial charge is 0.400 e. The highest BCUT2D eigenvalue weighted by atomic mass is 16.2. The van der Waals surface area contributed by atoms with E-state index in [2.05, 4.69) is 196 Å². The number of para-hydroxylation sites is 2. The van der Waals surface area contributed by atoms with Gasteiger partial charge in [0.2, 0.25) is 0 Å². The number of benzene rings is 7. The lowest BCUT2D eigenvalue weighted by Gasteiger charge is -2.23. The summed E-state index contributed by atoms with van der Waals surface area (Å²) in [6.45, 7) is 10.8. The highest BCUT2D eigenvalue weighted by Crippen LogP contribution is 2.40. The fourth-order valence-electron chi connectivity index (χ4n) is 7.00. The van der Waals surface area contributed by atoms with E-state index >= 15 is 0 Å². The molecule has 7 rings (SSSR count). The Bertz CT molecular complexity index is 2140. The van der Waals surface area contributed by atoms with Crippen molar-refractivity contribution in [2.45, 2.75) is 40.5 Å². The molecule has 0 aliphatic heterocycles. The van der Waals surface area contributed by atoms with E-state index in [-0.39, 0.29) is 5.92 Å². The van der Waals surface area contributed by atoms with E-state index in [1.54, 1.807) is 0 Å². The molecule has 0 aromatic heterocycles. The maximum atomic E-state index is 7.00. The van der Waals surface area contributed by atoms with Gasteiger partial charge in [-0.3, -0.25) is 0 Å². The van der Waals surface area contributed by atoms with Crippen molar-refractivity contribution in [2.75, 3.05) is 23.1 Å². The van der Waals surface area contributed by atoms with Gasteiger partial charge in [-0.2, -0.15) is 0 Å². The lowest BCUT2D eigenvalue weighted by Crippen LogP contribution is -2.06. The maximum absolute atomic E-state index is 7.00. The Morgan fingerprint density at radius 2 is 0.863 bits per heavy atom. The molecule has 0 spiro atoms. The first-order chi connectivity index (χ1) is 24.8. The number of hydrogen-bond acceptors (Lipinski definition) is 4. The van der Waals surface area contributed by atoms with Crippen LogP contribution >= 0.6 is 0 Å². The van der Waals surface area contributed by atoms with E-state index in [0.29, 0.717) is 0 Å². The van der Waals surface area contributed by atoms with Gasteiger partial charge in [0.15, 0.2) is 0 Å². The minimum Gasteiger partial charge on any atom is -0.400 e. The Labute approximate surface area is 302 Å². The van der Waals surface area contributed by atoms with Crippen LogP contribution in [0.15, 0.2) is 146 Å². The Kier molecular flexibility index (Phi) is 10.8.